The predicted molar refractivity (Wildman–Crippen MR) is 84.5 cm³/mol. The third-order valence-corrected chi connectivity index (χ3v) is 4.11. The molecule has 24 heavy (non-hydrogen) atoms. The summed E-state index contributed by atoms with van der Waals surface area (Å²) in [5.41, 5.74) is 1.34. The molecule has 0 bridgehead atoms. The second-order valence-corrected chi connectivity index (χ2v) is 5.88. The third kappa shape index (κ3) is 2.65. The van der Waals surface area contributed by atoms with Crippen molar-refractivity contribution in [2.45, 2.75) is 13.5 Å². The molecule has 0 spiro atoms. The van der Waals surface area contributed by atoms with E-state index >= 15 is 0 Å². The molecule has 0 saturated carbocycles. The molecule has 0 aliphatic carbocycles. The highest BCUT2D eigenvalue weighted by molar-refractivity contribution is 7.13. The van der Waals surface area contributed by atoms with Crippen molar-refractivity contribution >= 4 is 23.1 Å². The Labute approximate surface area is 139 Å². The van der Waals surface area contributed by atoms with Crippen LogP contribution in [0, 0.1) is 6.92 Å². The van der Waals surface area contributed by atoms with Crippen molar-refractivity contribution in [3.8, 4) is 10.8 Å². The Bertz CT molecular complexity index is 1010. The van der Waals surface area contributed by atoms with Crippen LogP contribution in [0.15, 0.2) is 40.5 Å². The van der Waals surface area contributed by atoms with E-state index in [1.807, 2.05) is 24.4 Å². The van der Waals surface area contributed by atoms with E-state index in [-0.39, 0.29) is 12.4 Å². The Balaban J connectivity index is 1.47. The smallest absolute Gasteiger partial charge is 0.378 e. The van der Waals surface area contributed by atoms with Crippen LogP contribution >= 0.6 is 11.3 Å². The number of ether oxygens (including phenoxy) is 1. The SMILES string of the molecule is Cc1ccnc2nc(C(=O)OCc3coc(-c4cccs4)n3)nn12. The van der Waals surface area contributed by atoms with Gasteiger partial charge in [0.25, 0.3) is 11.6 Å². The number of carbonyl (C=O) groups is 1. The van der Waals surface area contributed by atoms with Gasteiger partial charge in [0.05, 0.1) is 4.88 Å². The van der Waals surface area contributed by atoms with Crippen molar-refractivity contribution in [2.24, 2.45) is 0 Å². The second-order valence-electron chi connectivity index (χ2n) is 4.93. The number of aryl methyl sites for hydroxylation is 1. The van der Waals surface area contributed by atoms with Gasteiger partial charge in [-0.2, -0.15) is 4.98 Å². The minimum atomic E-state index is -0.638. The molecular formula is C15H11N5O3S. The molecule has 4 aromatic heterocycles. The number of esters is 1. The van der Waals surface area contributed by atoms with Crippen LogP contribution in [-0.4, -0.2) is 30.5 Å². The molecule has 0 N–H and O–H groups in total. The van der Waals surface area contributed by atoms with Crippen molar-refractivity contribution in [3.63, 3.8) is 0 Å². The van der Waals surface area contributed by atoms with Gasteiger partial charge in [-0.15, -0.1) is 16.4 Å². The van der Waals surface area contributed by atoms with Crippen LogP contribution in [0.4, 0.5) is 0 Å². The average Bonchev–Trinajstić information content (AvgIpc) is 3.31. The Morgan fingerprint density at radius 2 is 2.29 bits per heavy atom. The van der Waals surface area contributed by atoms with Crippen molar-refractivity contribution in [1.82, 2.24) is 24.6 Å². The second kappa shape index (κ2) is 5.85. The molecule has 0 fully saturated rings. The Morgan fingerprint density at radius 1 is 1.38 bits per heavy atom. The standard InChI is InChI=1S/C15H11N5O3S/c1-9-4-5-16-15-18-12(19-20(9)15)14(21)23-8-10-7-22-13(17-10)11-3-2-6-24-11/h2-7H,8H2,1H3. The summed E-state index contributed by atoms with van der Waals surface area (Å²) >= 11 is 1.52. The summed E-state index contributed by atoms with van der Waals surface area (Å²) in [5, 5.41) is 6.03. The molecule has 0 aromatic carbocycles. The van der Waals surface area contributed by atoms with E-state index in [1.54, 1.807) is 12.3 Å². The number of aromatic nitrogens is 5. The zero-order valence-corrected chi connectivity index (χ0v) is 13.4. The molecule has 4 rings (SSSR count). The van der Waals surface area contributed by atoms with Crippen molar-refractivity contribution in [1.29, 1.82) is 0 Å². The number of fused-ring (bicyclic) bond motifs is 1. The molecular weight excluding hydrogens is 330 g/mol. The fraction of sp³-hybridized carbons (Fsp3) is 0.133. The van der Waals surface area contributed by atoms with Gasteiger partial charge in [-0.1, -0.05) is 6.07 Å². The number of hydrogen-bond donors (Lipinski definition) is 0. The van der Waals surface area contributed by atoms with Gasteiger partial charge in [0, 0.05) is 11.9 Å². The lowest BCUT2D eigenvalue weighted by Crippen LogP contribution is -2.08. The van der Waals surface area contributed by atoms with Gasteiger partial charge >= 0.3 is 5.97 Å². The number of thiophene rings is 1. The number of nitrogens with zero attached hydrogens (tertiary/aromatic N) is 5. The van der Waals surface area contributed by atoms with E-state index in [1.165, 1.54) is 22.1 Å². The summed E-state index contributed by atoms with van der Waals surface area (Å²) in [5.74, 6) is 0.171. The quantitative estimate of drug-likeness (QED) is 0.526. The Kier molecular flexibility index (Phi) is 3.54. The Morgan fingerprint density at radius 3 is 3.08 bits per heavy atom. The number of carbonyl (C=O) groups excluding carboxylic acids is 1. The van der Waals surface area contributed by atoms with Crippen LogP contribution in [0.2, 0.25) is 0 Å². The summed E-state index contributed by atoms with van der Waals surface area (Å²) in [6, 6.07) is 5.59. The monoisotopic (exact) mass is 341 g/mol. The topological polar surface area (TPSA) is 95.4 Å². The fourth-order valence-corrected chi connectivity index (χ4v) is 2.74. The van der Waals surface area contributed by atoms with Gasteiger partial charge in [0.2, 0.25) is 5.89 Å². The maximum Gasteiger partial charge on any atom is 0.378 e. The van der Waals surface area contributed by atoms with Crippen molar-refractivity contribution in [3.05, 3.63) is 53.3 Å². The average molecular weight is 341 g/mol. The molecule has 0 unspecified atom stereocenters. The van der Waals surface area contributed by atoms with E-state index < -0.39 is 5.97 Å². The maximum atomic E-state index is 12.1. The summed E-state index contributed by atoms with van der Waals surface area (Å²) in [6.07, 6.45) is 3.07. The van der Waals surface area contributed by atoms with E-state index in [4.69, 9.17) is 9.15 Å². The molecule has 4 heterocycles. The molecule has 0 saturated heterocycles. The third-order valence-electron chi connectivity index (χ3n) is 3.25. The normalized spacial score (nSPS) is 11.0. The van der Waals surface area contributed by atoms with Gasteiger partial charge < -0.3 is 9.15 Å². The Hall–Kier alpha value is -3.07. The first-order valence-electron chi connectivity index (χ1n) is 7.04. The maximum absolute atomic E-state index is 12.1. The number of hydrogen-bond acceptors (Lipinski definition) is 8. The molecule has 0 aliphatic heterocycles. The van der Waals surface area contributed by atoms with Crippen molar-refractivity contribution in [2.75, 3.05) is 0 Å². The molecule has 4 aromatic rings. The summed E-state index contributed by atoms with van der Waals surface area (Å²) < 4.78 is 12.1. The molecule has 120 valence electrons. The van der Waals surface area contributed by atoms with Crippen LogP contribution in [0.1, 0.15) is 22.0 Å². The van der Waals surface area contributed by atoms with Gasteiger partial charge in [0.15, 0.2) is 0 Å². The minimum absolute atomic E-state index is 0.0182. The zero-order valence-electron chi connectivity index (χ0n) is 12.5. The number of rotatable bonds is 4. The largest absolute Gasteiger partial charge is 0.453 e. The summed E-state index contributed by atoms with van der Waals surface area (Å²) in [6.45, 7) is 1.83. The number of oxazole rings is 1. The van der Waals surface area contributed by atoms with Gasteiger partial charge in [-0.3, -0.25) is 0 Å². The van der Waals surface area contributed by atoms with Crippen LogP contribution in [0.25, 0.3) is 16.5 Å². The zero-order chi connectivity index (χ0) is 16.5. The first-order chi connectivity index (χ1) is 11.7. The van der Waals surface area contributed by atoms with Gasteiger partial charge in [-0.05, 0) is 24.4 Å². The molecule has 8 nitrogen and oxygen atoms in total. The van der Waals surface area contributed by atoms with Crippen molar-refractivity contribution < 1.29 is 13.9 Å². The van der Waals surface area contributed by atoms with Crippen LogP contribution < -0.4 is 0 Å². The first-order valence-corrected chi connectivity index (χ1v) is 7.92. The highest BCUT2D eigenvalue weighted by atomic mass is 32.1. The first kappa shape index (κ1) is 14.5. The van der Waals surface area contributed by atoms with Gasteiger partial charge in [-0.25, -0.2) is 19.3 Å². The van der Waals surface area contributed by atoms with E-state index in [9.17, 15) is 4.79 Å². The van der Waals surface area contributed by atoms with E-state index in [0.717, 1.165) is 10.6 Å². The molecule has 0 radical (unpaired) electrons. The molecule has 0 atom stereocenters. The fourth-order valence-electron chi connectivity index (χ4n) is 2.08. The molecule has 0 aliphatic rings. The highest BCUT2D eigenvalue weighted by Crippen LogP contribution is 2.23. The lowest BCUT2D eigenvalue weighted by Gasteiger charge is -1.97. The van der Waals surface area contributed by atoms with Crippen LogP contribution in [-0.2, 0) is 11.3 Å². The van der Waals surface area contributed by atoms with Crippen LogP contribution in [0.3, 0.4) is 0 Å². The summed E-state index contributed by atoms with van der Waals surface area (Å²) in [7, 11) is 0. The summed E-state index contributed by atoms with van der Waals surface area (Å²) in [4.78, 5) is 25.4. The van der Waals surface area contributed by atoms with E-state index in [2.05, 4.69) is 20.1 Å². The lowest BCUT2D eigenvalue weighted by atomic mass is 10.4. The molecule has 0 amide bonds. The highest BCUT2D eigenvalue weighted by Gasteiger charge is 2.17. The molecule has 9 heteroatoms. The van der Waals surface area contributed by atoms with Gasteiger partial charge in [0.1, 0.15) is 18.6 Å². The van der Waals surface area contributed by atoms with E-state index in [0.29, 0.717) is 17.4 Å². The lowest BCUT2D eigenvalue weighted by molar-refractivity contribution is 0.0453. The van der Waals surface area contributed by atoms with Crippen LogP contribution in [0.5, 0.6) is 0 Å². The minimum Gasteiger partial charge on any atom is -0.453 e. The predicted octanol–water partition coefficient (Wildman–Crippen LogP) is 2.51.